The van der Waals surface area contributed by atoms with E-state index in [1.807, 2.05) is 114 Å². The van der Waals surface area contributed by atoms with Crippen LogP contribution in [0.15, 0.2) is 170 Å². The molecule has 0 aliphatic carbocycles. The van der Waals surface area contributed by atoms with Gasteiger partial charge >= 0.3 is 0 Å². The number of benzene rings is 8. The van der Waals surface area contributed by atoms with Crippen LogP contribution in [0.1, 0.15) is 22.3 Å². The second kappa shape index (κ2) is 16.3. The van der Waals surface area contributed by atoms with Crippen molar-refractivity contribution in [2.45, 2.75) is 0 Å². The molecule has 8 aromatic carbocycles. The van der Waals surface area contributed by atoms with Crippen LogP contribution in [-0.2, 0) is 0 Å². The quantitative estimate of drug-likeness (QED) is 0.156. The Morgan fingerprint density at radius 3 is 1.28 bits per heavy atom. The van der Waals surface area contributed by atoms with Gasteiger partial charge in [-0.15, -0.1) is 0 Å². The summed E-state index contributed by atoms with van der Waals surface area (Å²) in [4.78, 5) is 15.1. The number of halogens is 2. The first-order chi connectivity index (χ1) is 31.8. The van der Waals surface area contributed by atoms with Crippen LogP contribution >= 0.6 is 0 Å². The zero-order chi connectivity index (χ0) is 44.6. The molecule has 2 aromatic heterocycles. The molecular weight excluding hydrogens is 811 g/mol. The van der Waals surface area contributed by atoms with Gasteiger partial charge in [-0.2, -0.15) is 21.0 Å². The van der Waals surface area contributed by atoms with E-state index in [2.05, 4.69) is 24.3 Å². The molecule has 0 bridgehead atoms. The molecule has 8 nitrogen and oxygen atoms in total. The Morgan fingerprint density at radius 1 is 0.369 bits per heavy atom. The maximum Gasteiger partial charge on any atom is 0.166 e. The van der Waals surface area contributed by atoms with Gasteiger partial charge in [0.05, 0.1) is 63.3 Å². The van der Waals surface area contributed by atoms with Gasteiger partial charge in [0.2, 0.25) is 0 Å². The molecule has 65 heavy (non-hydrogen) atoms. The molecule has 0 unspecified atom stereocenters. The third kappa shape index (κ3) is 7.36. The van der Waals surface area contributed by atoms with Crippen molar-refractivity contribution in [2.75, 3.05) is 0 Å². The molecule has 0 spiro atoms. The molecule has 0 N–H and O–H groups in total. The zero-order valence-corrected chi connectivity index (χ0v) is 34.0. The molecule has 302 valence electrons. The average Bonchev–Trinajstić information content (AvgIpc) is 3.69. The predicted molar refractivity (Wildman–Crippen MR) is 246 cm³/mol. The summed E-state index contributed by atoms with van der Waals surface area (Å²) in [6, 6.07) is 58.4. The zero-order valence-electron chi connectivity index (χ0n) is 34.0. The van der Waals surface area contributed by atoms with Crippen LogP contribution < -0.4 is 0 Å². The third-order valence-corrected chi connectivity index (χ3v) is 11.2. The Bertz CT molecular complexity index is 3480. The van der Waals surface area contributed by atoms with Gasteiger partial charge in [0.25, 0.3) is 0 Å². The van der Waals surface area contributed by atoms with E-state index >= 15 is 4.39 Å². The lowest BCUT2D eigenvalue weighted by Gasteiger charge is -2.17. The van der Waals surface area contributed by atoms with E-state index < -0.39 is 11.6 Å². The van der Waals surface area contributed by atoms with Crippen molar-refractivity contribution >= 4 is 21.8 Å². The summed E-state index contributed by atoms with van der Waals surface area (Å²) >= 11 is 0. The molecular formula is C55H28F2N8. The second-order valence-electron chi connectivity index (χ2n) is 15.2. The van der Waals surface area contributed by atoms with Crippen molar-refractivity contribution in [2.24, 2.45) is 0 Å². The number of fused-ring (bicyclic) bond motifs is 3. The van der Waals surface area contributed by atoms with Crippen molar-refractivity contribution in [3.63, 3.8) is 0 Å². The molecule has 0 aliphatic rings. The van der Waals surface area contributed by atoms with Gasteiger partial charge in [-0.25, -0.2) is 23.7 Å². The third-order valence-electron chi connectivity index (χ3n) is 11.2. The number of nitriles is 4. The van der Waals surface area contributed by atoms with E-state index in [4.69, 9.17) is 15.0 Å². The van der Waals surface area contributed by atoms with Gasteiger partial charge in [-0.3, -0.25) is 0 Å². The minimum Gasteiger partial charge on any atom is -0.308 e. The lowest BCUT2D eigenvalue weighted by atomic mass is 9.98. The second-order valence-corrected chi connectivity index (χ2v) is 15.2. The number of hydrogen-bond acceptors (Lipinski definition) is 7. The molecule has 0 fully saturated rings. The monoisotopic (exact) mass is 838 g/mol. The van der Waals surface area contributed by atoms with E-state index in [1.165, 1.54) is 24.3 Å². The van der Waals surface area contributed by atoms with Crippen molar-refractivity contribution in [1.29, 1.82) is 21.0 Å². The first-order valence-corrected chi connectivity index (χ1v) is 20.3. The molecule has 0 amide bonds. The summed E-state index contributed by atoms with van der Waals surface area (Å²) < 4.78 is 32.2. The fraction of sp³-hybridized carbons (Fsp3) is 0. The molecule has 10 aromatic rings. The normalized spacial score (nSPS) is 10.9. The molecule has 0 saturated heterocycles. The molecule has 0 aliphatic heterocycles. The van der Waals surface area contributed by atoms with Crippen molar-refractivity contribution in [1.82, 2.24) is 19.5 Å². The average molecular weight is 839 g/mol. The van der Waals surface area contributed by atoms with E-state index in [0.29, 0.717) is 78.7 Å². The van der Waals surface area contributed by atoms with Gasteiger partial charge in [0.1, 0.15) is 11.6 Å². The van der Waals surface area contributed by atoms with Crippen LogP contribution in [0.5, 0.6) is 0 Å². The number of aromatic nitrogens is 4. The number of rotatable bonds is 7. The summed E-state index contributed by atoms with van der Waals surface area (Å²) in [5.74, 6) is -0.279. The molecule has 10 heteroatoms. The Labute approximate surface area is 371 Å². The van der Waals surface area contributed by atoms with Gasteiger partial charge in [0, 0.05) is 39.1 Å². The van der Waals surface area contributed by atoms with E-state index in [-0.39, 0.29) is 5.56 Å². The van der Waals surface area contributed by atoms with Gasteiger partial charge in [0.15, 0.2) is 17.5 Å². The predicted octanol–water partition coefficient (Wildman–Crippen LogP) is 12.7. The molecule has 0 radical (unpaired) electrons. The largest absolute Gasteiger partial charge is 0.308 e. The minimum atomic E-state index is -0.746. The molecule has 2 heterocycles. The first kappa shape index (κ1) is 39.5. The van der Waals surface area contributed by atoms with Crippen molar-refractivity contribution in [3.05, 3.63) is 204 Å². The highest BCUT2D eigenvalue weighted by Crippen LogP contribution is 2.41. The smallest absolute Gasteiger partial charge is 0.166 e. The molecule has 10 rings (SSSR count). The van der Waals surface area contributed by atoms with Crippen molar-refractivity contribution < 1.29 is 8.78 Å². The van der Waals surface area contributed by atoms with Crippen LogP contribution in [0.25, 0.3) is 95.0 Å². The van der Waals surface area contributed by atoms with Crippen molar-refractivity contribution in [3.8, 4) is 97.5 Å². The summed E-state index contributed by atoms with van der Waals surface area (Å²) in [6.45, 7) is 0. The summed E-state index contributed by atoms with van der Waals surface area (Å²) in [5.41, 5.74) is 8.70. The molecule has 0 saturated carbocycles. The SMILES string of the molecule is N#Cc1cc(C#N)cc(-c2ccc3c4ccc(-c5cc(C#N)cc(C#N)c5)cc4n(-c4cc(-c5ccc(F)cc5F)ccc4-c4nc(-c5ccccc5)nc(-c5ccccc5)n4)c3c2)c1. The lowest BCUT2D eigenvalue weighted by molar-refractivity contribution is 0.585. The summed E-state index contributed by atoms with van der Waals surface area (Å²) in [5, 5.41) is 41.2. The van der Waals surface area contributed by atoms with Crippen LogP contribution in [0.2, 0.25) is 0 Å². The van der Waals surface area contributed by atoms with Crippen LogP contribution in [0.3, 0.4) is 0 Å². The van der Waals surface area contributed by atoms with Gasteiger partial charge in [-0.1, -0.05) is 91.0 Å². The van der Waals surface area contributed by atoms with E-state index in [9.17, 15) is 25.4 Å². The van der Waals surface area contributed by atoms with E-state index in [0.717, 1.165) is 39.1 Å². The number of nitrogens with zero attached hydrogens (tertiary/aromatic N) is 8. The highest BCUT2D eigenvalue weighted by Gasteiger charge is 2.22. The topological polar surface area (TPSA) is 139 Å². The number of hydrogen-bond donors (Lipinski definition) is 0. The maximum absolute atomic E-state index is 15.8. The Morgan fingerprint density at radius 2 is 0.815 bits per heavy atom. The van der Waals surface area contributed by atoms with E-state index in [1.54, 1.807) is 30.3 Å². The lowest BCUT2D eigenvalue weighted by Crippen LogP contribution is -2.04. The highest BCUT2D eigenvalue weighted by molar-refractivity contribution is 6.12. The molecule has 0 atom stereocenters. The van der Waals surface area contributed by atoms with Gasteiger partial charge < -0.3 is 4.57 Å². The first-order valence-electron chi connectivity index (χ1n) is 20.3. The summed E-state index contributed by atoms with van der Waals surface area (Å²) in [6.07, 6.45) is 0. The van der Waals surface area contributed by atoms with Crippen LogP contribution in [0, 0.1) is 57.0 Å². The van der Waals surface area contributed by atoms with Crippen LogP contribution in [0.4, 0.5) is 8.78 Å². The maximum atomic E-state index is 15.8. The fourth-order valence-corrected chi connectivity index (χ4v) is 8.21. The van der Waals surface area contributed by atoms with Gasteiger partial charge in [-0.05, 0) is 101 Å². The highest BCUT2D eigenvalue weighted by atomic mass is 19.1. The standard InChI is InChI=1S/C55H28F2N8/c56-44-14-18-45(49(57)28-44)41-13-17-48(55-63-53(37-7-3-1-4-8-37)62-54(64-55)38-9-5-2-6-10-38)52(27-41)65-50-25-39(42-21-33(29-58)19-34(22-42)30-59)11-15-46(50)47-16-12-40(26-51(47)65)43-23-35(31-60)20-36(24-43)32-61/h1-28H. The fourth-order valence-electron chi connectivity index (χ4n) is 8.21. The minimum absolute atomic E-state index is 0.168. The van der Waals surface area contributed by atoms with Crippen LogP contribution in [-0.4, -0.2) is 19.5 Å². The Hall–Kier alpha value is -9.61. The Kier molecular flexibility index (Phi) is 9.94. The summed E-state index contributed by atoms with van der Waals surface area (Å²) in [7, 11) is 0. The Balaban J connectivity index is 1.33.